The number of methoxy groups -OCH3 is 1. The Labute approximate surface area is 243 Å². The second-order valence-corrected chi connectivity index (χ2v) is 10.4. The lowest BCUT2D eigenvalue weighted by Gasteiger charge is -2.18. The molecule has 10 heteroatoms. The summed E-state index contributed by atoms with van der Waals surface area (Å²) in [5, 5.41) is 29.6. The van der Waals surface area contributed by atoms with Crippen molar-refractivity contribution in [1.82, 2.24) is 0 Å². The lowest BCUT2D eigenvalue weighted by Crippen LogP contribution is -2.10. The van der Waals surface area contributed by atoms with Gasteiger partial charge in [-0.15, -0.1) is 0 Å². The number of phenols is 1. The number of allylic oxidation sites excluding steroid dienone is 4. The van der Waals surface area contributed by atoms with Crippen LogP contribution in [0, 0.1) is 0 Å². The summed E-state index contributed by atoms with van der Waals surface area (Å²) in [5.74, 6) is -1.24. The van der Waals surface area contributed by atoms with Crippen molar-refractivity contribution in [3.8, 4) is 23.0 Å². The molecule has 10 nitrogen and oxygen atoms in total. The molecule has 0 saturated heterocycles. The molecular formula is C32H38O10. The second kappa shape index (κ2) is 14.4. The number of aromatic hydroxyl groups is 1. The number of phenolic OH excluding ortho intramolecular Hbond substituents is 1. The number of carboxylic acids is 2. The minimum absolute atomic E-state index is 0.00632. The lowest BCUT2D eigenvalue weighted by atomic mass is 9.98. The van der Waals surface area contributed by atoms with Gasteiger partial charge in [0.15, 0.2) is 11.5 Å². The topological polar surface area (TPSA) is 153 Å². The molecule has 0 aliphatic heterocycles. The van der Waals surface area contributed by atoms with Crippen LogP contribution in [0.5, 0.6) is 23.0 Å². The summed E-state index contributed by atoms with van der Waals surface area (Å²) in [6.07, 6.45) is 4.82. The number of ether oxygens (including phenoxy) is 3. The van der Waals surface area contributed by atoms with Gasteiger partial charge >= 0.3 is 11.9 Å². The van der Waals surface area contributed by atoms with Gasteiger partial charge in [-0.2, -0.15) is 0 Å². The number of carboxylic acid groups (broad SMARTS) is 2. The Morgan fingerprint density at radius 2 is 1.31 bits per heavy atom. The number of hydrogen-bond donors (Lipinski definition) is 3. The minimum Gasteiger partial charge on any atom is -0.507 e. The number of rotatable bonds is 15. The highest BCUT2D eigenvalue weighted by Crippen LogP contribution is 2.41. The number of carbonyl (C=O) groups is 2. The molecule has 3 N–H and O–H groups in total. The molecule has 0 bridgehead atoms. The zero-order valence-electron chi connectivity index (χ0n) is 24.7. The molecular weight excluding hydrogens is 544 g/mol. The number of hydrogen-bond acceptors (Lipinski definition) is 8. The summed E-state index contributed by atoms with van der Waals surface area (Å²) in [7, 11) is 1.46. The van der Waals surface area contributed by atoms with Crippen LogP contribution in [0.1, 0.15) is 64.5 Å². The van der Waals surface area contributed by atoms with Crippen molar-refractivity contribution in [2.24, 2.45) is 0 Å². The van der Waals surface area contributed by atoms with Gasteiger partial charge in [0.2, 0.25) is 5.43 Å². The standard InChI is InChI=1S/C32H38O10/c1-18(2)10-12-20-22(40-14-6-8-26(33)34)16-24-29(30(20)37)31(38)28-21(13-11-19(3)4)32(39-5)25(17-23(28)42-24)41-15-7-9-27(35)36/h10-11,16-17,37H,6-9,12-15H2,1-5H3,(H,33,34)(H,35,36). The van der Waals surface area contributed by atoms with Gasteiger partial charge in [-0.3, -0.25) is 14.4 Å². The Hall–Kier alpha value is -4.47. The van der Waals surface area contributed by atoms with E-state index in [2.05, 4.69) is 0 Å². The van der Waals surface area contributed by atoms with Crippen LogP contribution in [-0.4, -0.2) is 47.6 Å². The van der Waals surface area contributed by atoms with Gasteiger partial charge in [0.25, 0.3) is 0 Å². The van der Waals surface area contributed by atoms with Crippen molar-refractivity contribution in [2.75, 3.05) is 20.3 Å². The number of benzene rings is 2. The van der Waals surface area contributed by atoms with Gasteiger partial charge in [0, 0.05) is 36.1 Å². The highest BCUT2D eigenvalue weighted by molar-refractivity contribution is 5.98. The van der Waals surface area contributed by atoms with Crippen LogP contribution >= 0.6 is 0 Å². The molecule has 1 aromatic heterocycles. The first-order valence-electron chi connectivity index (χ1n) is 13.8. The molecule has 42 heavy (non-hydrogen) atoms. The van der Waals surface area contributed by atoms with E-state index in [0.717, 1.165) is 11.1 Å². The second-order valence-electron chi connectivity index (χ2n) is 10.4. The average molecular weight is 583 g/mol. The molecule has 0 unspecified atom stereocenters. The SMILES string of the molecule is COc1c(OCCCC(=O)O)cc2oc3cc(OCCCC(=O)O)c(CC=C(C)C)c(O)c3c(=O)c2c1CC=C(C)C. The third kappa shape index (κ3) is 7.84. The van der Waals surface area contributed by atoms with Crippen molar-refractivity contribution in [3.05, 3.63) is 56.8 Å². The Morgan fingerprint density at radius 1 is 0.810 bits per heavy atom. The van der Waals surface area contributed by atoms with E-state index in [9.17, 15) is 19.5 Å². The Bertz CT molecular complexity index is 1590. The summed E-state index contributed by atoms with van der Waals surface area (Å²) in [6.45, 7) is 7.88. The highest BCUT2D eigenvalue weighted by atomic mass is 16.5. The Kier molecular flexibility index (Phi) is 11.0. The average Bonchev–Trinajstić information content (AvgIpc) is 2.90. The Morgan fingerprint density at radius 3 is 1.83 bits per heavy atom. The molecule has 0 aliphatic rings. The monoisotopic (exact) mass is 582 g/mol. The lowest BCUT2D eigenvalue weighted by molar-refractivity contribution is -0.138. The van der Waals surface area contributed by atoms with Crippen molar-refractivity contribution in [3.63, 3.8) is 0 Å². The van der Waals surface area contributed by atoms with Crippen LogP contribution < -0.4 is 19.6 Å². The molecule has 0 radical (unpaired) electrons. The third-order valence-electron chi connectivity index (χ3n) is 6.53. The van der Waals surface area contributed by atoms with E-state index in [1.165, 1.54) is 19.2 Å². The minimum atomic E-state index is -0.942. The molecule has 0 aliphatic carbocycles. The van der Waals surface area contributed by atoms with E-state index in [1.807, 2.05) is 39.8 Å². The molecule has 226 valence electrons. The van der Waals surface area contributed by atoms with Crippen LogP contribution in [0.15, 0.2) is 44.6 Å². The molecule has 2 aromatic carbocycles. The molecule has 0 saturated carbocycles. The fourth-order valence-electron chi connectivity index (χ4n) is 4.48. The van der Waals surface area contributed by atoms with E-state index < -0.39 is 17.4 Å². The number of fused-ring (bicyclic) bond motifs is 2. The van der Waals surface area contributed by atoms with Crippen LogP contribution in [0.3, 0.4) is 0 Å². The van der Waals surface area contributed by atoms with E-state index in [0.29, 0.717) is 29.0 Å². The third-order valence-corrected chi connectivity index (χ3v) is 6.53. The Balaban J connectivity index is 2.29. The maximum absolute atomic E-state index is 14.1. The van der Waals surface area contributed by atoms with Crippen molar-refractivity contribution >= 4 is 33.9 Å². The van der Waals surface area contributed by atoms with Gasteiger partial charge in [-0.25, -0.2) is 0 Å². The van der Waals surface area contributed by atoms with Crippen LogP contribution in [-0.2, 0) is 22.4 Å². The molecule has 0 fully saturated rings. The highest BCUT2D eigenvalue weighted by Gasteiger charge is 2.24. The normalized spacial score (nSPS) is 10.9. The maximum Gasteiger partial charge on any atom is 0.303 e. The van der Waals surface area contributed by atoms with Gasteiger partial charge in [0.05, 0.1) is 25.7 Å². The van der Waals surface area contributed by atoms with E-state index in [1.54, 1.807) is 0 Å². The van der Waals surface area contributed by atoms with Gasteiger partial charge in [-0.05, 0) is 53.4 Å². The molecule has 0 amide bonds. The molecule has 0 atom stereocenters. The van der Waals surface area contributed by atoms with E-state index >= 15 is 0 Å². The summed E-state index contributed by atoms with van der Waals surface area (Å²) in [4.78, 5) is 36.0. The predicted molar refractivity (Wildman–Crippen MR) is 159 cm³/mol. The molecule has 0 spiro atoms. The quantitative estimate of drug-likeness (QED) is 0.108. The first-order valence-corrected chi connectivity index (χ1v) is 13.8. The molecule has 1 heterocycles. The van der Waals surface area contributed by atoms with Crippen molar-refractivity contribution in [1.29, 1.82) is 0 Å². The van der Waals surface area contributed by atoms with Crippen molar-refractivity contribution in [2.45, 2.75) is 66.2 Å². The summed E-state index contributed by atoms with van der Waals surface area (Å²) in [6, 6.07) is 3.07. The molecule has 3 rings (SSSR count). The van der Waals surface area contributed by atoms with Gasteiger partial charge < -0.3 is 33.9 Å². The summed E-state index contributed by atoms with van der Waals surface area (Å²) < 4.78 is 23.7. The summed E-state index contributed by atoms with van der Waals surface area (Å²) >= 11 is 0. The van der Waals surface area contributed by atoms with Crippen LogP contribution in [0.25, 0.3) is 21.9 Å². The largest absolute Gasteiger partial charge is 0.507 e. The fraction of sp³-hybridized carbons (Fsp3) is 0.406. The van der Waals surface area contributed by atoms with E-state index in [-0.39, 0.29) is 78.8 Å². The maximum atomic E-state index is 14.1. The zero-order valence-corrected chi connectivity index (χ0v) is 24.7. The summed E-state index contributed by atoms with van der Waals surface area (Å²) in [5.41, 5.74) is 2.76. The predicted octanol–water partition coefficient (Wildman–Crippen LogP) is 6.17. The van der Waals surface area contributed by atoms with E-state index in [4.69, 9.17) is 28.8 Å². The van der Waals surface area contributed by atoms with Crippen molar-refractivity contribution < 1.29 is 43.5 Å². The van der Waals surface area contributed by atoms with Gasteiger partial charge in [0.1, 0.15) is 28.1 Å². The fourth-order valence-corrected chi connectivity index (χ4v) is 4.48. The zero-order chi connectivity index (χ0) is 31.0. The first kappa shape index (κ1) is 32.0. The molecule has 3 aromatic rings. The van der Waals surface area contributed by atoms with Crippen LogP contribution in [0.2, 0.25) is 0 Å². The smallest absolute Gasteiger partial charge is 0.303 e. The van der Waals surface area contributed by atoms with Gasteiger partial charge in [-0.1, -0.05) is 23.3 Å². The number of aliphatic carboxylic acids is 2. The van der Waals surface area contributed by atoms with Crippen LogP contribution in [0.4, 0.5) is 0 Å². The first-order chi connectivity index (χ1) is 19.9.